The zero-order chi connectivity index (χ0) is 17.1. The Morgan fingerprint density at radius 2 is 1.96 bits per heavy atom. The molecule has 1 N–H and O–H groups in total. The van der Waals surface area contributed by atoms with Gasteiger partial charge in [0.1, 0.15) is 6.61 Å². The van der Waals surface area contributed by atoms with Gasteiger partial charge >= 0.3 is 6.09 Å². The Bertz CT molecular complexity index is 741. The van der Waals surface area contributed by atoms with E-state index in [-0.39, 0.29) is 6.61 Å². The van der Waals surface area contributed by atoms with E-state index in [1.165, 1.54) is 36.9 Å². The topological polar surface area (TPSA) is 41.6 Å². The molecule has 1 heterocycles. The van der Waals surface area contributed by atoms with Gasteiger partial charge in [-0.2, -0.15) is 0 Å². The predicted octanol–water partition coefficient (Wildman–Crippen LogP) is 4.35. The number of hydrogen-bond acceptors (Lipinski definition) is 3. The van der Waals surface area contributed by atoms with Crippen LogP contribution < -0.4 is 5.32 Å². The summed E-state index contributed by atoms with van der Waals surface area (Å²) in [5, 5.41) is 2.86. The Morgan fingerprint density at radius 3 is 2.76 bits per heavy atom. The van der Waals surface area contributed by atoms with E-state index in [1.54, 1.807) is 0 Å². The summed E-state index contributed by atoms with van der Waals surface area (Å²) in [6.07, 6.45) is 4.60. The first-order valence-electron chi connectivity index (χ1n) is 9.11. The lowest BCUT2D eigenvalue weighted by Crippen LogP contribution is -2.25. The highest BCUT2D eigenvalue weighted by Gasteiger charge is 2.30. The van der Waals surface area contributed by atoms with Gasteiger partial charge in [0.2, 0.25) is 0 Å². The molecule has 0 unspecified atom stereocenters. The number of rotatable bonds is 4. The summed E-state index contributed by atoms with van der Waals surface area (Å²) in [6, 6.07) is 16.7. The molecule has 2 aromatic rings. The van der Waals surface area contributed by atoms with Crippen molar-refractivity contribution in [3.8, 4) is 0 Å². The number of nitrogens with zero attached hydrogens (tertiary/aromatic N) is 1. The average molecular weight is 336 g/mol. The molecule has 0 bridgehead atoms. The van der Waals surface area contributed by atoms with E-state index in [9.17, 15) is 4.79 Å². The van der Waals surface area contributed by atoms with Crippen LogP contribution in [0.3, 0.4) is 0 Å². The number of benzene rings is 2. The van der Waals surface area contributed by atoms with E-state index >= 15 is 0 Å². The third-order valence-corrected chi connectivity index (χ3v) is 4.99. The smallest absolute Gasteiger partial charge is 0.411 e. The zero-order valence-electron chi connectivity index (χ0n) is 14.4. The molecule has 4 rings (SSSR count). The van der Waals surface area contributed by atoms with Gasteiger partial charge in [0.25, 0.3) is 0 Å². The summed E-state index contributed by atoms with van der Waals surface area (Å²) in [6.45, 7) is 2.46. The largest absolute Gasteiger partial charge is 0.444 e. The Balaban J connectivity index is 1.38. The van der Waals surface area contributed by atoms with E-state index in [4.69, 9.17) is 4.74 Å². The van der Waals surface area contributed by atoms with Crippen LogP contribution in [0.1, 0.15) is 36.0 Å². The highest BCUT2D eigenvalue weighted by atomic mass is 16.5. The van der Waals surface area contributed by atoms with Crippen LogP contribution in [-0.2, 0) is 24.3 Å². The molecule has 2 aromatic carbocycles. The molecule has 1 fully saturated rings. The molecule has 1 saturated carbocycles. The molecule has 0 atom stereocenters. The third-order valence-electron chi connectivity index (χ3n) is 4.99. The molecule has 0 spiro atoms. The van der Waals surface area contributed by atoms with E-state index in [0.717, 1.165) is 30.3 Å². The molecule has 25 heavy (non-hydrogen) atoms. The second kappa shape index (κ2) is 7.28. The monoisotopic (exact) mass is 336 g/mol. The van der Waals surface area contributed by atoms with Crippen molar-refractivity contribution in [2.45, 2.75) is 44.9 Å². The molecule has 1 aliphatic heterocycles. The summed E-state index contributed by atoms with van der Waals surface area (Å²) in [5.74, 6) is 0. The number of carbonyl (C=O) groups excluding carboxylic acids is 1. The number of aryl methyl sites for hydroxylation is 1. The SMILES string of the molecule is O=C(Nc1ccc2c(c1)CN(C1CC1)CCC2)OCc1ccccc1. The van der Waals surface area contributed by atoms with Crippen molar-refractivity contribution in [1.82, 2.24) is 4.90 Å². The van der Waals surface area contributed by atoms with Gasteiger partial charge in [-0.15, -0.1) is 0 Å². The van der Waals surface area contributed by atoms with E-state index < -0.39 is 6.09 Å². The zero-order valence-corrected chi connectivity index (χ0v) is 14.4. The van der Waals surface area contributed by atoms with Gasteiger partial charge in [0.05, 0.1) is 0 Å². The van der Waals surface area contributed by atoms with Gasteiger partial charge in [-0.1, -0.05) is 36.4 Å². The highest BCUT2D eigenvalue weighted by Crippen LogP contribution is 2.31. The summed E-state index contributed by atoms with van der Waals surface area (Å²) in [4.78, 5) is 14.6. The van der Waals surface area contributed by atoms with E-state index in [0.29, 0.717) is 0 Å². The lowest BCUT2D eigenvalue weighted by atomic mass is 10.0. The fourth-order valence-electron chi connectivity index (χ4n) is 3.49. The molecular formula is C21H24N2O2. The third kappa shape index (κ3) is 4.20. The second-order valence-corrected chi connectivity index (χ2v) is 6.98. The maximum atomic E-state index is 12.1. The van der Waals surface area contributed by atoms with Crippen LogP contribution in [0.2, 0.25) is 0 Å². The van der Waals surface area contributed by atoms with Crippen molar-refractivity contribution in [2.24, 2.45) is 0 Å². The van der Waals surface area contributed by atoms with Gasteiger partial charge in [-0.05, 0) is 61.1 Å². The molecule has 130 valence electrons. The fraction of sp³-hybridized carbons (Fsp3) is 0.381. The number of hydrogen-bond donors (Lipinski definition) is 1. The van der Waals surface area contributed by atoms with Crippen LogP contribution in [0.15, 0.2) is 48.5 Å². The fourth-order valence-corrected chi connectivity index (χ4v) is 3.49. The second-order valence-electron chi connectivity index (χ2n) is 6.98. The molecule has 1 amide bonds. The Labute approximate surface area is 148 Å². The normalized spacial score (nSPS) is 17.4. The quantitative estimate of drug-likeness (QED) is 0.903. The minimum atomic E-state index is -0.406. The van der Waals surface area contributed by atoms with Crippen molar-refractivity contribution >= 4 is 11.8 Å². The Hall–Kier alpha value is -2.33. The minimum absolute atomic E-state index is 0.285. The molecule has 0 radical (unpaired) electrons. The highest BCUT2D eigenvalue weighted by molar-refractivity contribution is 5.84. The number of anilines is 1. The first-order valence-corrected chi connectivity index (χ1v) is 9.11. The van der Waals surface area contributed by atoms with Crippen LogP contribution in [0, 0.1) is 0 Å². The Kier molecular flexibility index (Phi) is 4.70. The first-order chi connectivity index (χ1) is 12.3. The van der Waals surface area contributed by atoms with Gasteiger partial charge in [-0.25, -0.2) is 4.79 Å². The molecule has 2 aliphatic rings. The van der Waals surface area contributed by atoms with Crippen LogP contribution in [0.5, 0.6) is 0 Å². The maximum absolute atomic E-state index is 12.1. The van der Waals surface area contributed by atoms with Crippen molar-refractivity contribution in [3.05, 3.63) is 65.2 Å². The Morgan fingerprint density at radius 1 is 1.12 bits per heavy atom. The van der Waals surface area contributed by atoms with Crippen LogP contribution >= 0.6 is 0 Å². The maximum Gasteiger partial charge on any atom is 0.411 e. The first kappa shape index (κ1) is 16.2. The molecule has 0 aromatic heterocycles. The van der Waals surface area contributed by atoms with Crippen LogP contribution in [-0.4, -0.2) is 23.6 Å². The average Bonchev–Trinajstić information content (AvgIpc) is 3.47. The van der Waals surface area contributed by atoms with Crippen LogP contribution in [0.25, 0.3) is 0 Å². The van der Waals surface area contributed by atoms with Crippen LogP contribution in [0.4, 0.5) is 10.5 Å². The lowest BCUT2D eigenvalue weighted by molar-refractivity contribution is 0.155. The molecule has 4 nitrogen and oxygen atoms in total. The number of carbonyl (C=O) groups is 1. The molecule has 1 aliphatic carbocycles. The standard InChI is InChI=1S/C21H24N2O2/c24-21(25-15-16-5-2-1-3-6-16)22-19-9-8-17-7-4-12-23(20-10-11-20)14-18(17)13-19/h1-3,5-6,8-9,13,20H,4,7,10-12,14-15H2,(H,22,24). The van der Waals surface area contributed by atoms with Crippen molar-refractivity contribution in [3.63, 3.8) is 0 Å². The summed E-state index contributed by atoms with van der Waals surface area (Å²) in [5.41, 5.74) is 4.55. The van der Waals surface area contributed by atoms with Gasteiger partial charge in [-0.3, -0.25) is 10.2 Å². The van der Waals surface area contributed by atoms with E-state index in [1.807, 2.05) is 36.4 Å². The van der Waals surface area contributed by atoms with Crippen molar-refractivity contribution in [1.29, 1.82) is 0 Å². The predicted molar refractivity (Wildman–Crippen MR) is 98.4 cm³/mol. The number of fused-ring (bicyclic) bond motifs is 1. The van der Waals surface area contributed by atoms with Crippen molar-refractivity contribution < 1.29 is 9.53 Å². The van der Waals surface area contributed by atoms with Gasteiger partial charge < -0.3 is 4.74 Å². The molecular weight excluding hydrogens is 312 g/mol. The summed E-state index contributed by atoms with van der Waals surface area (Å²) < 4.78 is 5.31. The molecule has 0 saturated heterocycles. The number of nitrogens with one attached hydrogen (secondary N) is 1. The molecule has 4 heteroatoms. The lowest BCUT2D eigenvalue weighted by Gasteiger charge is -2.20. The van der Waals surface area contributed by atoms with Gasteiger partial charge in [0.15, 0.2) is 0 Å². The van der Waals surface area contributed by atoms with Crippen molar-refractivity contribution in [2.75, 3.05) is 11.9 Å². The number of amides is 1. The summed E-state index contributed by atoms with van der Waals surface area (Å²) >= 11 is 0. The summed E-state index contributed by atoms with van der Waals surface area (Å²) in [7, 11) is 0. The minimum Gasteiger partial charge on any atom is -0.444 e. The number of ether oxygens (including phenoxy) is 1. The van der Waals surface area contributed by atoms with E-state index in [2.05, 4.69) is 22.3 Å². The van der Waals surface area contributed by atoms with Gasteiger partial charge in [0, 0.05) is 18.3 Å².